The van der Waals surface area contributed by atoms with Gasteiger partial charge in [-0.25, -0.2) is 0 Å². The van der Waals surface area contributed by atoms with Gasteiger partial charge in [-0.15, -0.1) is 0 Å². The Balaban J connectivity index is 1.83. The van der Waals surface area contributed by atoms with E-state index in [4.69, 9.17) is 4.74 Å². The number of nitrogens with zero attached hydrogens (tertiary/aromatic N) is 1. The van der Waals surface area contributed by atoms with Crippen molar-refractivity contribution in [3.8, 4) is 0 Å². The number of carbonyl (C=O) groups excluding carboxylic acids is 1. The van der Waals surface area contributed by atoms with E-state index in [1.54, 1.807) is 0 Å². The molecular formula is C15H28N2O2. The molecule has 0 radical (unpaired) electrons. The molecule has 2 aliphatic rings. The molecule has 1 heterocycles. The second kappa shape index (κ2) is 7.25. The molecule has 1 aliphatic heterocycles. The fourth-order valence-electron chi connectivity index (χ4n) is 3.13. The van der Waals surface area contributed by atoms with Gasteiger partial charge >= 0.3 is 0 Å². The molecule has 1 N–H and O–H groups in total. The van der Waals surface area contributed by atoms with Gasteiger partial charge in [0.15, 0.2) is 0 Å². The van der Waals surface area contributed by atoms with E-state index in [0.29, 0.717) is 6.10 Å². The third-order valence-electron chi connectivity index (χ3n) is 4.33. The van der Waals surface area contributed by atoms with Crippen molar-refractivity contribution in [1.82, 2.24) is 10.2 Å². The van der Waals surface area contributed by atoms with Crippen LogP contribution >= 0.6 is 0 Å². The highest BCUT2D eigenvalue weighted by Gasteiger charge is 2.29. The number of ether oxygens (including phenoxy) is 1. The largest absolute Gasteiger partial charge is 0.365 e. The van der Waals surface area contributed by atoms with Crippen LogP contribution in [0.25, 0.3) is 0 Å². The molecule has 2 rings (SSSR count). The van der Waals surface area contributed by atoms with Crippen molar-refractivity contribution in [1.29, 1.82) is 0 Å². The Hall–Kier alpha value is -0.610. The van der Waals surface area contributed by atoms with Crippen molar-refractivity contribution >= 4 is 5.91 Å². The smallest absolute Gasteiger partial charge is 0.251 e. The van der Waals surface area contributed by atoms with Gasteiger partial charge in [0.25, 0.3) is 5.91 Å². The van der Waals surface area contributed by atoms with Crippen molar-refractivity contribution in [2.45, 2.75) is 70.6 Å². The van der Waals surface area contributed by atoms with Gasteiger partial charge in [-0.1, -0.05) is 25.7 Å². The lowest BCUT2D eigenvalue weighted by Gasteiger charge is -2.36. The standard InChI is InChI=1S/C15H28N2O2/c1-12-11-16-9-10-17(12)15(18)13(2)19-14-7-5-3-4-6-8-14/h12-14,16H,3-11H2,1-2H3/t12-,13?/m1/s1. The van der Waals surface area contributed by atoms with Crippen LogP contribution in [0.15, 0.2) is 0 Å². The highest BCUT2D eigenvalue weighted by Crippen LogP contribution is 2.21. The molecule has 1 unspecified atom stereocenters. The second-order valence-corrected chi connectivity index (χ2v) is 5.98. The summed E-state index contributed by atoms with van der Waals surface area (Å²) in [7, 11) is 0. The van der Waals surface area contributed by atoms with Crippen LogP contribution in [0.2, 0.25) is 0 Å². The minimum absolute atomic E-state index is 0.165. The van der Waals surface area contributed by atoms with E-state index in [2.05, 4.69) is 12.2 Å². The first-order chi connectivity index (χ1) is 9.18. The summed E-state index contributed by atoms with van der Waals surface area (Å²) in [6, 6.07) is 0.279. The first kappa shape index (κ1) is 14.8. The van der Waals surface area contributed by atoms with Gasteiger partial charge in [-0.3, -0.25) is 4.79 Å². The monoisotopic (exact) mass is 268 g/mol. The van der Waals surface area contributed by atoms with Crippen molar-refractivity contribution in [3.05, 3.63) is 0 Å². The molecule has 1 saturated carbocycles. The number of piperazine rings is 1. The highest BCUT2D eigenvalue weighted by atomic mass is 16.5. The molecule has 110 valence electrons. The predicted molar refractivity (Wildman–Crippen MR) is 76.1 cm³/mol. The number of nitrogens with one attached hydrogen (secondary N) is 1. The zero-order chi connectivity index (χ0) is 13.7. The van der Waals surface area contributed by atoms with Crippen LogP contribution in [0, 0.1) is 0 Å². The lowest BCUT2D eigenvalue weighted by molar-refractivity contribution is -0.149. The average molecular weight is 268 g/mol. The SMILES string of the molecule is CC(OC1CCCCCC1)C(=O)N1CCNC[C@H]1C. The van der Waals surface area contributed by atoms with Crippen molar-refractivity contribution in [2.24, 2.45) is 0 Å². The normalized spacial score (nSPS) is 27.9. The molecule has 1 aliphatic carbocycles. The summed E-state index contributed by atoms with van der Waals surface area (Å²) in [6.45, 7) is 6.61. The summed E-state index contributed by atoms with van der Waals surface area (Å²) in [5, 5.41) is 3.31. The van der Waals surface area contributed by atoms with Crippen LogP contribution in [-0.2, 0) is 9.53 Å². The van der Waals surface area contributed by atoms with E-state index in [9.17, 15) is 4.79 Å². The molecular weight excluding hydrogens is 240 g/mol. The fourth-order valence-corrected chi connectivity index (χ4v) is 3.13. The Morgan fingerprint density at radius 1 is 1.26 bits per heavy atom. The maximum Gasteiger partial charge on any atom is 0.251 e. The highest BCUT2D eigenvalue weighted by molar-refractivity contribution is 5.81. The molecule has 1 saturated heterocycles. The number of hydrogen-bond acceptors (Lipinski definition) is 3. The lowest BCUT2D eigenvalue weighted by atomic mass is 10.1. The Morgan fingerprint density at radius 3 is 2.58 bits per heavy atom. The molecule has 2 fully saturated rings. The summed E-state index contributed by atoms with van der Waals surface area (Å²) in [5.41, 5.74) is 0. The van der Waals surface area contributed by atoms with E-state index in [1.165, 1.54) is 25.7 Å². The minimum Gasteiger partial charge on any atom is -0.365 e. The summed E-state index contributed by atoms with van der Waals surface area (Å²) in [4.78, 5) is 14.4. The molecule has 2 atom stereocenters. The first-order valence-electron chi connectivity index (χ1n) is 7.85. The summed E-state index contributed by atoms with van der Waals surface area (Å²) in [5.74, 6) is 0.165. The maximum atomic E-state index is 12.4. The molecule has 4 heteroatoms. The number of hydrogen-bond donors (Lipinski definition) is 1. The third kappa shape index (κ3) is 4.18. The molecule has 4 nitrogen and oxygen atoms in total. The average Bonchev–Trinajstić information content (AvgIpc) is 2.67. The Bertz CT molecular complexity index is 288. The van der Waals surface area contributed by atoms with E-state index < -0.39 is 0 Å². The van der Waals surface area contributed by atoms with Gasteiger partial charge in [-0.05, 0) is 26.7 Å². The minimum atomic E-state index is -0.288. The summed E-state index contributed by atoms with van der Waals surface area (Å²) in [6.07, 6.45) is 7.37. The van der Waals surface area contributed by atoms with Gasteiger partial charge < -0.3 is 15.0 Å². The molecule has 0 aromatic heterocycles. The fraction of sp³-hybridized carbons (Fsp3) is 0.933. The van der Waals surface area contributed by atoms with Gasteiger partial charge in [-0.2, -0.15) is 0 Å². The van der Waals surface area contributed by atoms with Crippen LogP contribution in [0.3, 0.4) is 0 Å². The second-order valence-electron chi connectivity index (χ2n) is 5.98. The zero-order valence-corrected chi connectivity index (χ0v) is 12.4. The van der Waals surface area contributed by atoms with Gasteiger partial charge in [0.05, 0.1) is 6.10 Å². The van der Waals surface area contributed by atoms with Gasteiger partial charge in [0, 0.05) is 25.7 Å². The lowest BCUT2D eigenvalue weighted by Crippen LogP contribution is -2.55. The van der Waals surface area contributed by atoms with E-state index in [1.807, 2.05) is 11.8 Å². The third-order valence-corrected chi connectivity index (χ3v) is 4.33. The molecule has 0 aromatic rings. The molecule has 19 heavy (non-hydrogen) atoms. The number of carbonyl (C=O) groups is 1. The van der Waals surface area contributed by atoms with Crippen molar-refractivity contribution in [2.75, 3.05) is 19.6 Å². The summed E-state index contributed by atoms with van der Waals surface area (Å²) < 4.78 is 6.02. The van der Waals surface area contributed by atoms with E-state index >= 15 is 0 Å². The zero-order valence-electron chi connectivity index (χ0n) is 12.4. The van der Waals surface area contributed by atoms with Crippen LogP contribution in [0.1, 0.15) is 52.4 Å². The van der Waals surface area contributed by atoms with Crippen LogP contribution in [0.5, 0.6) is 0 Å². The first-order valence-corrected chi connectivity index (χ1v) is 7.85. The van der Waals surface area contributed by atoms with Gasteiger partial charge in [0.1, 0.15) is 6.10 Å². The predicted octanol–water partition coefficient (Wildman–Crippen LogP) is 1.93. The quantitative estimate of drug-likeness (QED) is 0.795. The Morgan fingerprint density at radius 2 is 1.95 bits per heavy atom. The van der Waals surface area contributed by atoms with Crippen LogP contribution in [-0.4, -0.2) is 48.7 Å². The summed E-state index contributed by atoms with van der Waals surface area (Å²) >= 11 is 0. The van der Waals surface area contributed by atoms with Crippen molar-refractivity contribution in [3.63, 3.8) is 0 Å². The van der Waals surface area contributed by atoms with E-state index in [0.717, 1.165) is 32.5 Å². The van der Waals surface area contributed by atoms with Crippen LogP contribution < -0.4 is 5.32 Å². The van der Waals surface area contributed by atoms with Crippen molar-refractivity contribution < 1.29 is 9.53 Å². The molecule has 1 amide bonds. The topological polar surface area (TPSA) is 41.6 Å². The Kier molecular flexibility index (Phi) is 5.64. The van der Waals surface area contributed by atoms with Crippen LogP contribution in [0.4, 0.5) is 0 Å². The number of amides is 1. The van der Waals surface area contributed by atoms with E-state index in [-0.39, 0.29) is 18.1 Å². The molecule has 0 spiro atoms. The molecule has 0 aromatic carbocycles. The van der Waals surface area contributed by atoms with Gasteiger partial charge in [0.2, 0.25) is 0 Å². The Labute approximate surface area is 116 Å². The molecule has 0 bridgehead atoms. The number of rotatable bonds is 3. The maximum absolute atomic E-state index is 12.4.